The van der Waals surface area contributed by atoms with Crippen molar-refractivity contribution in [3.05, 3.63) is 47.3 Å². The quantitative estimate of drug-likeness (QED) is 0.878. The van der Waals surface area contributed by atoms with Crippen LogP contribution in [0.5, 0.6) is 0 Å². The van der Waals surface area contributed by atoms with E-state index in [1.165, 1.54) is 12.3 Å². The molecule has 0 atom stereocenters. The Morgan fingerprint density at radius 2 is 2.05 bits per heavy atom. The molecule has 0 fully saturated rings. The van der Waals surface area contributed by atoms with Crippen molar-refractivity contribution in [3.63, 3.8) is 0 Å². The molecule has 2 rings (SSSR count). The van der Waals surface area contributed by atoms with E-state index in [0.717, 1.165) is 16.8 Å². The first-order chi connectivity index (χ1) is 9.02. The molecular formula is C12H10F2N2O3. The van der Waals surface area contributed by atoms with Gasteiger partial charge in [-0.2, -0.15) is 5.10 Å². The van der Waals surface area contributed by atoms with Crippen molar-refractivity contribution in [1.29, 1.82) is 0 Å². The maximum atomic E-state index is 13.1. The highest BCUT2D eigenvalue weighted by Crippen LogP contribution is 2.16. The first-order valence-corrected chi connectivity index (χ1v) is 5.41. The number of benzene rings is 1. The molecule has 1 heterocycles. The first-order valence-electron chi connectivity index (χ1n) is 5.41. The topological polar surface area (TPSA) is 75.3 Å². The van der Waals surface area contributed by atoms with E-state index in [4.69, 9.17) is 10.2 Å². The molecule has 0 aliphatic heterocycles. The molecule has 0 unspecified atom stereocenters. The van der Waals surface area contributed by atoms with Crippen molar-refractivity contribution in [2.24, 2.45) is 0 Å². The number of aromatic carboxylic acids is 1. The monoisotopic (exact) mass is 268 g/mol. The summed E-state index contributed by atoms with van der Waals surface area (Å²) < 4.78 is 27.1. The lowest BCUT2D eigenvalue weighted by atomic mass is 10.2. The predicted octanol–water partition coefficient (Wildman–Crippen LogP) is 1.38. The zero-order valence-electron chi connectivity index (χ0n) is 9.68. The summed E-state index contributed by atoms with van der Waals surface area (Å²) in [7, 11) is 0. The smallest absolute Gasteiger partial charge is 0.356 e. The van der Waals surface area contributed by atoms with E-state index in [2.05, 4.69) is 5.10 Å². The molecule has 1 aromatic heterocycles. The Morgan fingerprint density at radius 1 is 1.32 bits per heavy atom. The van der Waals surface area contributed by atoms with Gasteiger partial charge in [0.05, 0.1) is 5.69 Å². The highest BCUT2D eigenvalue weighted by molar-refractivity contribution is 5.87. The lowest BCUT2D eigenvalue weighted by Gasteiger charge is -2.01. The van der Waals surface area contributed by atoms with Crippen LogP contribution in [-0.4, -0.2) is 32.6 Å². The third-order valence-corrected chi connectivity index (χ3v) is 2.54. The number of rotatable bonds is 4. The molecular weight excluding hydrogens is 258 g/mol. The third-order valence-electron chi connectivity index (χ3n) is 2.54. The highest BCUT2D eigenvalue weighted by atomic mass is 19.2. The molecule has 7 heteroatoms. The van der Waals surface area contributed by atoms with Crippen molar-refractivity contribution >= 4 is 5.97 Å². The summed E-state index contributed by atoms with van der Waals surface area (Å²) in [6, 6.07) is 3.12. The second kappa shape index (κ2) is 5.15. The molecule has 0 spiro atoms. The minimum Gasteiger partial charge on any atom is -0.476 e. The number of aromatic nitrogens is 2. The summed E-state index contributed by atoms with van der Waals surface area (Å²) in [6.07, 6.45) is 1.48. The number of nitrogens with zero attached hydrogens (tertiary/aromatic N) is 2. The Balaban J connectivity index is 2.47. The van der Waals surface area contributed by atoms with Crippen LogP contribution in [0.3, 0.4) is 0 Å². The van der Waals surface area contributed by atoms with Gasteiger partial charge in [-0.3, -0.25) is 0 Å². The normalized spacial score (nSPS) is 10.7. The SMILES string of the molecule is O=C(O)c1nn(-c2ccc(F)c(F)c2)cc1CCO. The van der Waals surface area contributed by atoms with Crippen LogP contribution in [0.1, 0.15) is 16.1 Å². The summed E-state index contributed by atoms with van der Waals surface area (Å²) in [6.45, 7) is -0.232. The fourth-order valence-corrected chi connectivity index (χ4v) is 1.65. The Labute approximate surface area is 106 Å². The summed E-state index contributed by atoms with van der Waals surface area (Å²) in [5.41, 5.74) is 0.295. The second-order valence-corrected chi connectivity index (χ2v) is 3.82. The van der Waals surface area contributed by atoms with Gasteiger partial charge in [0.1, 0.15) is 0 Å². The van der Waals surface area contributed by atoms with Gasteiger partial charge in [-0.05, 0) is 18.6 Å². The maximum absolute atomic E-state index is 13.1. The third kappa shape index (κ3) is 2.60. The van der Waals surface area contributed by atoms with Crippen molar-refractivity contribution < 1.29 is 23.8 Å². The molecule has 2 N–H and O–H groups in total. The molecule has 2 aromatic rings. The molecule has 0 radical (unpaired) electrons. The zero-order chi connectivity index (χ0) is 14.0. The van der Waals surface area contributed by atoms with Gasteiger partial charge in [0.25, 0.3) is 0 Å². The zero-order valence-corrected chi connectivity index (χ0v) is 9.68. The van der Waals surface area contributed by atoms with Gasteiger partial charge < -0.3 is 10.2 Å². The summed E-state index contributed by atoms with van der Waals surface area (Å²) in [5, 5.41) is 21.6. The molecule has 1 aromatic carbocycles. The van der Waals surface area contributed by atoms with Crippen LogP contribution in [0, 0.1) is 11.6 Å². The van der Waals surface area contributed by atoms with Crippen LogP contribution >= 0.6 is 0 Å². The molecule has 5 nitrogen and oxygen atoms in total. The standard InChI is InChI=1S/C12H10F2N2O3/c13-9-2-1-8(5-10(9)14)16-6-7(3-4-17)11(15-16)12(18)19/h1-2,5-6,17H,3-4H2,(H,18,19). The van der Waals surface area contributed by atoms with Crippen LogP contribution in [-0.2, 0) is 6.42 Å². The van der Waals surface area contributed by atoms with E-state index in [9.17, 15) is 13.6 Å². The lowest BCUT2D eigenvalue weighted by Crippen LogP contribution is -2.04. The van der Waals surface area contributed by atoms with Crippen LogP contribution in [0.2, 0.25) is 0 Å². The van der Waals surface area contributed by atoms with E-state index in [1.54, 1.807) is 0 Å². The van der Waals surface area contributed by atoms with Crippen molar-refractivity contribution in [2.45, 2.75) is 6.42 Å². The number of aliphatic hydroxyl groups excluding tert-OH is 1. The summed E-state index contributed by atoms with van der Waals surface area (Å²) >= 11 is 0. The number of aliphatic hydroxyl groups is 1. The molecule has 0 aliphatic rings. The Kier molecular flexibility index (Phi) is 3.57. The van der Waals surface area contributed by atoms with Gasteiger partial charge >= 0.3 is 5.97 Å². The van der Waals surface area contributed by atoms with Gasteiger partial charge in [0.15, 0.2) is 17.3 Å². The van der Waals surface area contributed by atoms with Gasteiger partial charge in [0.2, 0.25) is 0 Å². The number of carbonyl (C=O) groups is 1. The summed E-state index contributed by atoms with van der Waals surface area (Å²) in [5.74, 6) is -3.29. The average molecular weight is 268 g/mol. The van der Waals surface area contributed by atoms with E-state index < -0.39 is 17.6 Å². The number of hydrogen-bond donors (Lipinski definition) is 2. The first kappa shape index (κ1) is 13.2. The number of halogens is 2. The molecule has 0 saturated heterocycles. The van der Waals surface area contributed by atoms with Gasteiger partial charge in [-0.15, -0.1) is 0 Å². The summed E-state index contributed by atoms with van der Waals surface area (Å²) in [4.78, 5) is 11.0. The van der Waals surface area contributed by atoms with Crippen molar-refractivity contribution in [2.75, 3.05) is 6.61 Å². The number of hydrogen-bond acceptors (Lipinski definition) is 3. The molecule has 0 amide bonds. The lowest BCUT2D eigenvalue weighted by molar-refractivity contribution is 0.0688. The fourth-order valence-electron chi connectivity index (χ4n) is 1.65. The van der Waals surface area contributed by atoms with Crippen LogP contribution in [0.15, 0.2) is 24.4 Å². The predicted molar refractivity (Wildman–Crippen MR) is 61.2 cm³/mol. The molecule has 100 valence electrons. The largest absolute Gasteiger partial charge is 0.476 e. The minimum absolute atomic E-state index is 0.116. The van der Waals surface area contributed by atoms with Gasteiger partial charge in [-0.1, -0.05) is 0 Å². The van der Waals surface area contributed by atoms with Crippen LogP contribution in [0.25, 0.3) is 5.69 Å². The van der Waals surface area contributed by atoms with E-state index in [1.807, 2.05) is 0 Å². The highest BCUT2D eigenvalue weighted by Gasteiger charge is 2.16. The minimum atomic E-state index is -1.25. The molecule has 19 heavy (non-hydrogen) atoms. The maximum Gasteiger partial charge on any atom is 0.356 e. The van der Waals surface area contributed by atoms with Gasteiger partial charge in [-0.25, -0.2) is 18.3 Å². The second-order valence-electron chi connectivity index (χ2n) is 3.82. The van der Waals surface area contributed by atoms with E-state index in [0.29, 0.717) is 5.56 Å². The van der Waals surface area contributed by atoms with Crippen molar-refractivity contribution in [1.82, 2.24) is 9.78 Å². The number of carboxylic acids is 1. The van der Waals surface area contributed by atoms with Crippen LogP contribution < -0.4 is 0 Å². The Hall–Kier alpha value is -2.28. The van der Waals surface area contributed by atoms with E-state index >= 15 is 0 Å². The van der Waals surface area contributed by atoms with Crippen molar-refractivity contribution in [3.8, 4) is 5.69 Å². The Bertz CT molecular complexity index is 625. The number of carboxylic acid groups (broad SMARTS) is 1. The Morgan fingerprint density at radius 3 is 2.63 bits per heavy atom. The van der Waals surface area contributed by atoms with Gasteiger partial charge in [0, 0.05) is 24.4 Å². The van der Waals surface area contributed by atoms with Crippen LogP contribution in [0.4, 0.5) is 8.78 Å². The average Bonchev–Trinajstić information content (AvgIpc) is 2.77. The fraction of sp³-hybridized carbons (Fsp3) is 0.167. The molecule has 0 aliphatic carbocycles. The molecule has 0 bridgehead atoms. The van der Waals surface area contributed by atoms with E-state index in [-0.39, 0.29) is 24.4 Å². The molecule has 0 saturated carbocycles.